The highest BCUT2D eigenvalue weighted by atomic mass is 16.5. The van der Waals surface area contributed by atoms with Gasteiger partial charge in [0, 0.05) is 26.2 Å². The Morgan fingerprint density at radius 1 is 1.43 bits per heavy atom. The van der Waals surface area contributed by atoms with Crippen molar-refractivity contribution >= 4 is 11.7 Å². The zero-order valence-corrected chi connectivity index (χ0v) is 12.8. The van der Waals surface area contributed by atoms with Crippen molar-refractivity contribution in [3.8, 4) is 0 Å². The van der Waals surface area contributed by atoms with Crippen LogP contribution >= 0.6 is 0 Å². The van der Waals surface area contributed by atoms with Crippen LogP contribution in [0.1, 0.15) is 43.1 Å². The van der Waals surface area contributed by atoms with E-state index in [1.807, 2.05) is 4.90 Å². The highest BCUT2D eigenvalue weighted by Gasteiger charge is 2.27. The smallest absolute Gasteiger partial charge is 0.274 e. The van der Waals surface area contributed by atoms with Gasteiger partial charge in [-0.1, -0.05) is 6.92 Å². The van der Waals surface area contributed by atoms with Crippen molar-refractivity contribution < 1.29 is 9.53 Å². The number of likely N-dealkylation sites (tertiary alicyclic amines) is 1. The van der Waals surface area contributed by atoms with E-state index in [9.17, 15) is 4.79 Å². The number of anilines is 1. The molecule has 1 amide bonds. The highest BCUT2D eigenvalue weighted by Crippen LogP contribution is 2.21. The van der Waals surface area contributed by atoms with Gasteiger partial charge < -0.3 is 15.0 Å². The van der Waals surface area contributed by atoms with Crippen LogP contribution < -0.4 is 5.32 Å². The molecule has 116 valence electrons. The number of nitrogens with one attached hydrogen (secondary N) is 1. The van der Waals surface area contributed by atoms with E-state index in [2.05, 4.69) is 22.4 Å². The summed E-state index contributed by atoms with van der Waals surface area (Å²) in [5, 5.41) is 11.2. The number of amides is 1. The molecule has 1 saturated heterocycles. The van der Waals surface area contributed by atoms with Crippen LogP contribution in [-0.2, 0) is 4.74 Å². The van der Waals surface area contributed by atoms with E-state index in [1.165, 1.54) is 6.42 Å². The lowest BCUT2D eigenvalue weighted by Crippen LogP contribution is -2.43. The number of piperidine rings is 1. The van der Waals surface area contributed by atoms with Crippen LogP contribution in [0.3, 0.4) is 0 Å². The SMILES string of the molecule is CCC1CCCCN1C(=O)c1ccc(NCCOC)nn1. The van der Waals surface area contributed by atoms with Crippen LogP contribution in [0.4, 0.5) is 5.82 Å². The van der Waals surface area contributed by atoms with Crippen molar-refractivity contribution in [3.05, 3.63) is 17.8 Å². The summed E-state index contributed by atoms with van der Waals surface area (Å²) in [7, 11) is 1.65. The Kier molecular flexibility index (Phi) is 5.92. The fraction of sp³-hybridized carbons (Fsp3) is 0.667. The third-order valence-corrected chi connectivity index (χ3v) is 3.86. The van der Waals surface area contributed by atoms with E-state index in [0.717, 1.165) is 25.8 Å². The molecule has 1 N–H and O–H groups in total. The van der Waals surface area contributed by atoms with Crippen molar-refractivity contribution in [2.24, 2.45) is 0 Å². The molecule has 0 bridgehead atoms. The molecule has 2 rings (SSSR count). The molecule has 1 aromatic rings. The van der Waals surface area contributed by atoms with Gasteiger partial charge in [-0.15, -0.1) is 10.2 Å². The number of carbonyl (C=O) groups is 1. The lowest BCUT2D eigenvalue weighted by Gasteiger charge is -2.34. The summed E-state index contributed by atoms with van der Waals surface area (Å²) in [5.41, 5.74) is 0.424. The van der Waals surface area contributed by atoms with Gasteiger partial charge >= 0.3 is 0 Å². The second-order valence-corrected chi connectivity index (χ2v) is 5.28. The zero-order valence-electron chi connectivity index (χ0n) is 12.8. The molecule has 0 aliphatic carbocycles. The minimum Gasteiger partial charge on any atom is -0.383 e. The highest BCUT2D eigenvalue weighted by molar-refractivity contribution is 5.92. The Labute approximate surface area is 125 Å². The maximum Gasteiger partial charge on any atom is 0.274 e. The molecule has 1 atom stereocenters. The van der Waals surface area contributed by atoms with Gasteiger partial charge in [0.2, 0.25) is 0 Å². The quantitative estimate of drug-likeness (QED) is 0.812. The van der Waals surface area contributed by atoms with Crippen LogP contribution in [0.5, 0.6) is 0 Å². The van der Waals surface area contributed by atoms with Gasteiger partial charge in [0.1, 0.15) is 5.82 Å². The number of nitrogens with zero attached hydrogens (tertiary/aromatic N) is 3. The summed E-state index contributed by atoms with van der Waals surface area (Å²) in [4.78, 5) is 14.5. The standard InChI is InChI=1S/C15H24N4O2/c1-3-12-6-4-5-10-19(12)15(20)13-7-8-14(18-17-13)16-9-11-21-2/h7-8,12H,3-6,9-11H2,1-2H3,(H,16,18). The van der Waals surface area contributed by atoms with E-state index in [1.54, 1.807) is 19.2 Å². The Bertz CT molecular complexity index is 449. The molecule has 0 aromatic carbocycles. The fourth-order valence-corrected chi connectivity index (χ4v) is 2.66. The molecule has 1 unspecified atom stereocenters. The number of hydrogen-bond donors (Lipinski definition) is 1. The molecule has 1 aliphatic heterocycles. The third-order valence-electron chi connectivity index (χ3n) is 3.86. The number of hydrogen-bond acceptors (Lipinski definition) is 5. The van der Waals surface area contributed by atoms with Gasteiger partial charge in [-0.3, -0.25) is 4.79 Å². The summed E-state index contributed by atoms with van der Waals surface area (Å²) in [5.74, 6) is 0.659. The first-order valence-electron chi connectivity index (χ1n) is 7.63. The van der Waals surface area contributed by atoms with Crippen molar-refractivity contribution in [1.82, 2.24) is 15.1 Å². The molecule has 6 heteroatoms. The second kappa shape index (κ2) is 7.93. The number of carbonyl (C=O) groups excluding carboxylic acids is 1. The van der Waals surface area contributed by atoms with Crippen molar-refractivity contribution in [2.45, 2.75) is 38.6 Å². The number of rotatable bonds is 6. The normalized spacial score (nSPS) is 18.6. The first-order valence-corrected chi connectivity index (χ1v) is 7.63. The lowest BCUT2D eigenvalue weighted by atomic mass is 9.99. The minimum absolute atomic E-state index is 0.00232. The van der Waals surface area contributed by atoms with Crippen LogP contribution in [0.15, 0.2) is 12.1 Å². The van der Waals surface area contributed by atoms with Gasteiger partial charge in [-0.25, -0.2) is 0 Å². The summed E-state index contributed by atoms with van der Waals surface area (Å²) < 4.78 is 4.96. The average molecular weight is 292 g/mol. The predicted molar refractivity (Wildman–Crippen MR) is 81.4 cm³/mol. The number of ether oxygens (including phenoxy) is 1. The molecule has 2 heterocycles. The van der Waals surface area contributed by atoms with Crippen molar-refractivity contribution in [2.75, 3.05) is 32.1 Å². The van der Waals surface area contributed by atoms with E-state index >= 15 is 0 Å². The second-order valence-electron chi connectivity index (χ2n) is 5.28. The summed E-state index contributed by atoms with van der Waals surface area (Å²) >= 11 is 0. The third kappa shape index (κ3) is 4.14. The molecule has 0 spiro atoms. The predicted octanol–water partition coefficient (Wildman–Crippen LogP) is 1.94. The molecule has 0 radical (unpaired) electrons. The Morgan fingerprint density at radius 2 is 2.29 bits per heavy atom. The Balaban J connectivity index is 1.98. The van der Waals surface area contributed by atoms with Crippen LogP contribution in [-0.4, -0.2) is 53.9 Å². The van der Waals surface area contributed by atoms with E-state index in [0.29, 0.717) is 30.7 Å². The maximum atomic E-state index is 12.5. The van der Waals surface area contributed by atoms with Crippen molar-refractivity contribution in [1.29, 1.82) is 0 Å². The Morgan fingerprint density at radius 3 is 2.95 bits per heavy atom. The minimum atomic E-state index is -0.00232. The Hall–Kier alpha value is -1.69. The first-order chi connectivity index (χ1) is 10.3. The largest absolute Gasteiger partial charge is 0.383 e. The van der Waals surface area contributed by atoms with Gasteiger partial charge in [-0.2, -0.15) is 0 Å². The zero-order chi connectivity index (χ0) is 15.1. The van der Waals surface area contributed by atoms with Crippen molar-refractivity contribution in [3.63, 3.8) is 0 Å². The van der Waals surface area contributed by atoms with Gasteiger partial charge in [-0.05, 0) is 37.8 Å². The van der Waals surface area contributed by atoms with Gasteiger partial charge in [0.15, 0.2) is 5.69 Å². The lowest BCUT2D eigenvalue weighted by molar-refractivity contribution is 0.0601. The molecular weight excluding hydrogens is 268 g/mol. The first kappa shape index (κ1) is 15.7. The van der Waals surface area contributed by atoms with E-state index in [4.69, 9.17) is 4.74 Å². The van der Waals surface area contributed by atoms with Crippen LogP contribution in [0.25, 0.3) is 0 Å². The summed E-state index contributed by atoms with van der Waals surface area (Å²) in [6.07, 6.45) is 4.37. The molecule has 0 saturated carbocycles. The summed E-state index contributed by atoms with van der Waals surface area (Å²) in [6.45, 7) is 4.23. The molecular formula is C15H24N4O2. The molecule has 1 aromatic heterocycles. The monoisotopic (exact) mass is 292 g/mol. The van der Waals surface area contributed by atoms with Gasteiger partial charge in [0.05, 0.1) is 6.61 Å². The molecule has 1 aliphatic rings. The summed E-state index contributed by atoms with van der Waals surface area (Å²) in [6, 6.07) is 3.87. The number of methoxy groups -OCH3 is 1. The number of aromatic nitrogens is 2. The van der Waals surface area contributed by atoms with Crippen LogP contribution in [0, 0.1) is 0 Å². The molecule has 6 nitrogen and oxygen atoms in total. The molecule has 21 heavy (non-hydrogen) atoms. The topological polar surface area (TPSA) is 67.4 Å². The van der Waals surface area contributed by atoms with E-state index in [-0.39, 0.29) is 5.91 Å². The van der Waals surface area contributed by atoms with E-state index < -0.39 is 0 Å². The fourth-order valence-electron chi connectivity index (χ4n) is 2.66. The van der Waals surface area contributed by atoms with Gasteiger partial charge in [0.25, 0.3) is 5.91 Å². The molecule has 1 fully saturated rings. The van der Waals surface area contributed by atoms with Crippen LogP contribution in [0.2, 0.25) is 0 Å². The average Bonchev–Trinajstić information content (AvgIpc) is 2.55. The maximum absolute atomic E-state index is 12.5.